The van der Waals surface area contributed by atoms with Crippen LogP contribution in [-0.2, 0) is 0 Å². The van der Waals surface area contributed by atoms with Crippen LogP contribution >= 0.6 is 11.6 Å². The van der Waals surface area contributed by atoms with Crippen molar-refractivity contribution in [1.29, 1.82) is 5.41 Å². The predicted molar refractivity (Wildman–Crippen MR) is 73.5 cm³/mol. The van der Waals surface area contributed by atoms with Gasteiger partial charge in [0.1, 0.15) is 5.84 Å². The van der Waals surface area contributed by atoms with Crippen molar-refractivity contribution < 1.29 is 0 Å². The van der Waals surface area contributed by atoms with Gasteiger partial charge in [-0.05, 0) is 24.3 Å². The Bertz CT molecular complexity index is 443. The number of hydrogen-bond acceptors (Lipinski definition) is 1. The first-order valence-electron chi connectivity index (χ1n) is 5.36. The van der Waals surface area contributed by atoms with Crippen LogP contribution in [0.5, 0.6) is 0 Å². The quantitative estimate of drug-likeness (QED) is 0.492. The van der Waals surface area contributed by atoms with Crippen molar-refractivity contribution in [2.24, 2.45) is 0 Å². The van der Waals surface area contributed by atoms with Crippen LogP contribution in [0.25, 0.3) is 0 Å². The number of anilines is 2. The zero-order chi connectivity index (χ0) is 12.1. The minimum atomic E-state index is 0.184. The molecule has 0 amide bonds. The van der Waals surface area contributed by atoms with Gasteiger partial charge < -0.3 is 0 Å². The van der Waals surface area contributed by atoms with E-state index in [0.717, 1.165) is 11.4 Å². The van der Waals surface area contributed by atoms with Crippen molar-refractivity contribution in [3.8, 4) is 0 Å². The number of rotatable bonds is 3. The molecule has 1 N–H and O–H groups in total. The molecular formula is C14H13ClN2. The Morgan fingerprint density at radius 2 is 1.29 bits per heavy atom. The summed E-state index contributed by atoms with van der Waals surface area (Å²) in [5, 5.41) is 7.96. The lowest BCUT2D eigenvalue weighted by atomic mass is 10.2. The summed E-state index contributed by atoms with van der Waals surface area (Å²) in [5.41, 5.74) is 1.90. The van der Waals surface area contributed by atoms with E-state index in [2.05, 4.69) is 0 Å². The van der Waals surface area contributed by atoms with Gasteiger partial charge in [0.15, 0.2) is 0 Å². The van der Waals surface area contributed by atoms with E-state index in [9.17, 15) is 0 Å². The number of alkyl halides is 1. The molecule has 2 nitrogen and oxygen atoms in total. The van der Waals surface area contributed by atoms with E-state index in [1.54, 1.807) is 0 Å². The number of benzene rings is 2. The highest BCUT2D eigenvalue weighted by molar-refractivity contribution is 6.31. The summed E-state index contributed by atoms with van der Waals surface area (Å²) in [6.45, 7) is 0. The lowest BCUT2D eigenvalue weighted by Gasteiger charge is -2.24. The highest BCUT2D eigenvalue weighted by Gasteiger charge is 2.12. The third kappa shape index (κ3) is 2.66. The molecule has 0 aliphatic rings. The van der Waals surface area contributed by atoms with Gasteiger partial charge in [0.2, 0.25) is 0 Å². The lowest BCUT2D eigenvalue weighted by molar-refractivity contribution is 1.28. The SMILES string of the molecule is N=C(CCl)N(c1ccccc1)c1ccccc1. The van der Waals surface area contributed by atoms with Crippen molar-refractivity contribution in [3.63, 3.8) is 0 Å². The molecule has 0 aromatic heterocycles. The Morgan fingerprint density at radius 1 is 0.882 bits per heavy atom. The summed E-state index contributed by atoms with van der Waals surface area (Å²) < 4.78 is 0. The van der Waals surface area contributed by atoms with Gasteiger partial charge >= 0.3 is 0 Å². The molecule has 0 bridgehead atoms. The minimum absolute atomic E-state index is 0.184. The Labute approximate surface area is 106 Å². The van der Waals surface area contributed by atoms with Crippen LogP contribution in [0.2, 0.25) is 0 Å². The molecule has 0 saturated heterocycles. The fourth-order valence-corrected chi connectivity index (χ4v) is 1.79. The molecule has 3 heteroatoms. The van der Waals surface area contributed by atoms with Gasteiger partial charge in [-0.2, -0.15) is 0 Å². The smallest absolute Gasteiger partial charge is 0.120 e. The lowest BCUT2D eigenvalue weighted by Crippen LogP contribution is -2.26. The molecule has 2 rings (SSSR count). The van der Waals surface area contributed by atoms with Gasteiger partial charge in [0.05, 0.1) is 5.88 Å². The largest absolute Gasteiger partial charge is 0.298 e. The number of amidine groups is 1. The fourth-order valence-electron chi connectivity index (χ4n) is 1.67. The van der Waals surface area contributed by atoms with Gasteiger partial charge in [0, 0.05) is 11.4 Å². The monoisotopic (exact) mass is 244 g/mol. The summed E-state index contributed by atoms with van der Waals surface area (Å²) in [5.74, 6) is 0.549. The highest BCUT2D eigenvalue weighted by atomic mass is 35.5. The van der Waals surface area contributed by atoms with Crippen LogP contribution in [0.1, 0.15) is 0 Å². The molecule has 86 valence electrons. The summed E-state index contributed by atoms with van der Waals surface area (Å²) in [4.78, 5) is 1.84. The van der Waals surface area contributed by atoms with Crippen LogP contribution in [0.4, 0.5) is 11.4 Å². The Kier molecular flexibility index (Phi) is 3.78. The Hall–Kier alpha value is -1.80. The first-order valence-corrected chi connectivity index (χ1v) is 5.90. The molecule has 0 fully saturated rings. The van der Waals surface area contributed by atoms with Crippen LogP contribution in [0.15, 0.2) is 60.7 Å². The van der Waals surface area contributed by atoms with E-state index >= 15 is 0 Å². The van der Waals surface area contributed by atoms with Gasteiger partial charge in [-0.25, -0.2) is 0 Å². The second-order valence-electron chi connectivity index (χ2n) is 3.59. The third-order valence-corrected chi connectivity index (χ3v) is 2.68. The molecule has 0 spiro atoms. The first-order chi connectivity index (χ1) is 8.33. The van der Waals surface area contributed by atoms with Crippen molar-refractivity contribution in [2.75, 3.05) is 10.8 Å². The highest BCUT2D eigenvalue weighted by Crippen LogP contribution is 2.25. The minimum Gasteiger partial charge on any atom is -0.298 e. The molecule has 0 aliphatic heterocycles. The number of nitrogens with zero attached hydrogens (tertiary/aromatic N) is 1. The van der Waals surface area contributed by atoms with Gasteiger partial charge in [-0.3, -0.25) is 10.3 Å². The molecule has 0 radical (unpaired) electrons. The average molecular weight is 245 g/mol. The predicted octanol–water partition coefficient (Wildman–Crippen LogP) is 4.04. The summed E-state index contributed by atoms with van der Waals surface area (Å²) in [6, 6.07) is 19.6. The van der Waals surface area contributed by atoms with Crippen molar-refractivity contribution in [3.05, 3.63) is 60.7 Å². The number of para-hydroxylation sites is 2. The zero-order valence-electron chi connectivity index (χ0n) is 9.31. The second-order valence-corrected chi connectivity index (χ2v) is 3.85. The fraction of sp³-hybridized carbons (Fsp3) is 0.0714. The van der Waals surface area contributed by atoms with E-state index in [0.29, 0.717) is 5.84 Å². The molecular weight excluding hydrogens is 232 g/mol. The maximum absolute atomic E-state index is 7.96. The van der Waals surface area contributed by atoms with Crippen LogP contribution < -0.4 is 4.90 Å². The standard InChI is InChI=1S/C14H13ClN2/c15-11-14(16)17(12-7-3-1-4-8-12)13-9-5-2-6-10-13/h1-10,16H,11H2. The van der Waals surface area contributed by atoms with Crippen molar-refractivity contribution >= 4 is 28.8 Å². The van der Waals surface area contributed by atoms with E-state index in [4.69, 9.17) is 17.0 Å². The van der Waals surface area contributed by atoms with E-state index < -0.39 is 0 Å². The van der Waals surface area contributed by atoms with Crippen molar-refractivity contribution in [2.45, 2.75) is 0 Å². The molecule has 17 heavy (non-hydrogen) atoms. The summed E-state index contributed by atoms with van der Waals surface area (Å²) in [7, 11) is 0. The van der Waals surface area contributed by atoms with Gasteiger partial charge in [-0.1, -0.05) is 36.4 Å². The molecule has 0 saturated carbocycles. The van der Waals surface area contributed by atoms with Crippen LogP contribution in [0.3, 0.4) is 0 Å². The summed E-state index contributed by atoms with van der Waals surface area (Å²) in [6.07, 6.45) is 0. The van der Waals surface area contributed by atoms with Crippen molar-refractivity contribution in [1.82, 2.24) is 0 Å². The van der Waals surface area contributed by atoms with E-state index in [1.807, 2.05) is 65.6 Å². The molecule has 2 aromatic rings. The molecule has 0 heterocycles. The maximum Gasteiger partial charge on any atom is 0.120 e. The maximum atomic E-state index is 7.96. The normalized spacial score (nSPS) is 9.94. The first kappa shape index (κ1) is 11.7. The van der Waals surface area contributed by atoms with E-state index in [-0.39, 0.29) is 5.88 Å². The third-order valence-electron chi connectivity index (χ3n) is 2.43. The van der Waals surface area contributed by atoms with Crippen LogP contribution in [0, 0.1) is 5.41 Å². The molecule has 0 unspecified atom stereocenters. The average Bonchev–Trinajstić information content (AvgIpc) is 2.41. The second kappa shape index (κ2) is 5.51. The molecule has 2 aromatic carbocycles. The van der Waals surface area contributed by atoms with Crippen LogP contribution in [-0.4, -0.2) is 11.7 Å². The molecule has 0 atom stereocenters. The molecule has 0 aliphatic carbocycles. The number of nitrogens with one attached hydrogen (secondary N) is 1. The van der Waals surface area contributed by atoms with Gasteiger partial charge in [0.25, 0.3) is 0 Å². The van der Waals surface area contributed by atoms with Gasteiger partial charge in [-0.15, -0.1) is 11.6 Å². The topological polar surface area (TPSA) is 27.1 Å². The Balaban J connectivity index is 2.43. The zero-order valence-corrected chi connectivity index (χ0v) is 10.1. The van der Waals surface area contributed by atoms with E-state index in [1.165, 1.54) is 0 Å². The number of halogens is 1. The summed E-state index contributed by atoms with van der Waals surface area (Å²) >= 11 is 5.78. The number of hydrogen-bond donors (Lipinski definition) is 1. The Morgan fingerprint density at radius 3 is 1.65 bits per heavy atom.